The average molecular weight is 430 g/mol. The number of pyridine rings is 1. The molecule has 164 valence electrons. The van der Waals surface area contributed by atoms with Crippen LogP contribution in [0.25, 0.3) is 22.4 Å². The molecule has 0 aliphatic heterocycles. The van der Waals surface area contributed by atoms with Crippen molar-refractivity contribution < 1.29 is 4.79 Å². The minimum Gasteiger partial charge on any atom is -0.322 e. The first-order valence-electron chi connectivity index (χ1n) is 10.9. The van der Waals surface area contributed by atoms with Gasteiger partial charge in [-0.1, -0.05) is 12.1 Å². The number of carbonyl (C=O) groups excluding carboxylic acids is 1. The Bertz CT molecular complexity index is 1340. The summed E-state index contributed by atoms with van der Waals surface area (Å²) in [5, 5.41) is 16.7. The molecule has 1 N–H and O–H groups in total. The number of rotatable bonds is 4. The van der Waals surface area contributed by atoms with E-state index in [1.807, 2.05) is 53.6 Å². The lowest BCUT2D eigenvalue weighted by molar-refractivity contribution is 0.102. The van der Waals surface area contributed by atoms with Crippen LogP contribution < -0.4 is 5.32 Å². The van der Waals surface area contributed by atoms with E-state index in [-0.39, 0.29) is 11.4 Å². The molecule has 1 fully saturated rings. The number of carbonyl (C=O) groups is 1. The third-order valence-electron chi connectivity index (χ3n) is 5.80. The largest absolute Gasteiger partial charge is 0.322 e. The Morgan fingerprint density at radius 1 is 1.19 bits per heavy atom. The highest BCUT2D eigenvalue weighted by Gasteiger charge is 2.30. The molecule has 1 aliphatic rings. The molecule has 1 aliphatic carbocycles. The van der Waals surface area contributed by atoms with Crippen molar-refractivity contribution in [2.45, 2.75) is 52.0 Å². The summed E-state index contributed by atoms with van der Waals surface area (Å²) in [5.74, 6) is 1.01. The zero-order chi connectivity index (χ0) is 22.6. The zero-order valence-corrected chi connectivity index (χ0v) is 19.0. The van der Waals surface area contributed by atoms with Gasteiger partial charge in [-0.15, -0.1) is 10.2 Å². The van der Waals surface area contributed by atoms with E-state index in [0.29, 0.717) is 17.2 Å². The second-order valence-electron chi connectivity index (χ2n) is 9.54. The molecule has 8 nitrogen and oxygen atoms in total. The van der Waals surface area contributed by atoms with Crippen LogP contribution in [0.3, 0.4) is 0 Å². The highest BCUT2D eigenvalue weighted by Crippen LogP contribution is 2.41. The zero-order valence-electron chi connectivity index (χ0n) is 19.0. The van der Waals surface area contributed by atoms with Gasteiger partial charge in [-0.3, -0.25) is 4.79 Å². The fraction of sp³-hybridized carbons (Fsp3) is 0.375. The van der Waals surface area contributed by atoms with E-state index in [1.54, 1.807) is 6.33 Å². The number of hydrogen-bond donors (Lipinski definition) is 1. The molecule has 1 saturated carbocycles. The lowest BCUT2D eigenvalue weighted by atomic mass is 10.1. The second kappa shape index (κ2) is 7.25. The smallest absolute Gasteiger partial charge is 0.256 e. The number of nitrogens with zero attached hydrogens (tertiary/aromatic N) is 6. The number of nitrogens with one attached hydrogen (secondary N) is 1. The van der Waals surface area contributed by atoms with E-state index in [2.05, 4.69) is 36.3 Å². The molecule has 32 heavy (non-hydrogen) atoms. The molecule has 5 rings (SSSR count). The quantitative estimate of drug-likeness (QED) is 0.519. The molecule has 3 heterocycles. The molecule has 0 spiro atoms. The number of anilines is 1. The molecule has 8 heteroatoms. The van der Waals surface area contributed by atoms with E-state index >= 15 is 0 Å². The van der Waals surface area contributed by atoms with Crippen LogP contribution in [-0.2, 0) is 12.6 Å². The molecule has 1 aromatic carbocycles. The van der Waals surface area contributed by atoms with Crippen LogP contribution in [0.5, 0.6) is 0 Å². The van der Waals surface area contributed by atoms with Crippen LogP contribution in [0.2, 0.25) is 0 Å². The third kappa shape index (κ3) is 3.55. The van der Waals surface area contributed by atoms with Crippen molar-refractivity contribution in [1.82, 2.24) is 29.5 Å². The predicted molar refractivity (Wildman–Crippen MR) is 124 cm³/mol. The van der Waals surface area contributed by atoms with Gasteiger partial charge in [-0.05, 0) is 58.7 Å². The minimum atomic E-state index is -0.236. The average Bonchev–Trinajstić information content (AvgIpc) is 3.42. The van der Waals surface area contributed by atoms with Crippen molar-refractivity contribution >= 4 is 22.6 Å². The van der Waals surface area contributed by atoms with Crippen molar-refractivity contribution in [3.8, 4) is 11.4 Å². The fourth-order valence-corrected chi connectivity index (χ4v) is 4.02. The lowest BCUT2D eigenvalue weighted by Gasteiger charge is -2.20. The predicted octanol–water partition coefficient (Wildman–Crippen LogP) is 4.42. The third-order valence-corrected chi connectivity index (χ3v) is 5.80. The van der Waals surface area contributed by atoms with E-state index in [1.165, 1.54) is 0 Å². The highest BCUT2D eigenvalue weighted by atomic mass is 16.1. The molecule has 0 unspecified atom stereocenters. The second-order valence-corrected chi connectivity index (χ2v) is 9.54. The Labute approximate surface area is 186 Å². The van der Waals surface area contributed by atoms with Crippen molar-refractivity contribution in [2.75, 3.05) is 5.32 Å². The van der Waals surface area contributed by atoms with Crippen molar-refractivity contribution in [3.63, 3.8) is 0 Å². The van der Waals surface area contributed by atoms with E-state index in [9.17, 15) is 4.79 Å². The number of aromatic nitrogens is 6. The topological polar surface area (TPSA) is 90.5 Å². The number of amides is 1. The monoisotopic (exact) mass is 429 g/mol. The van der Waals surface area contributed by atoms with Gasteiger partial charge in [0.2, 0.25) is 0 Å². The molecule has 0 atom stereocenters. The number of benzene rings is 1. The number of fused-ring (bicyclic) bond motifs is 1. The number of aryl methyl sites for hydroxylation is 2. The molecule has 1 amide bonds. The van der Waals surface area contributed by atoms with Gasteiger partial charge in [0.05, 0.1) is 22.2 Å². The Kier molecular flexibility index (Phi) is 4.62. The van der Waals surface area contributed by atoms with Crippen molar-refractivity contribution in [2.24, 2.45) is 7.05 Å². The fourth-order valence-electron chi connectivity index (χ4n) is 4.02. The number of hydrogen-bond acceptors (Lipinski definition) is 5. The summed E-state index contributed by atoms with van der Waals surface area (Å²) in [7, 11) is 1.89. The molecular weight excluding hydrogens is 402 g/mol. The Balaban J connectivity index is 1.57. The van der Waals surface area contributed by atoms with Gasteiger partial charge in [0.25, 0.3) is 5.91 Å². The summed E-state index contributed by atoms with van der Waals surface area (Å²) in [6.45, 7) is 8.24. The van der Waals surface area contributed by atoms with Crippen LogP contribution in [0, 0.1) is 6.92 Å². The van der Waals surface area contributed by atoms with Crippen LogP contribution >= 0.6 is 0 Å². The maximum absolute atomic E-state index is 13.5. The first kappa shape index (κ1) is 20.4. The minimum absolute atomic E-state index is 0.161. The van der Waals surface area contributed by atoms with Crippen molar-refractivity contribution in [3.05, 3.63) is 53.6 Å². The van der Waals surface area contributed by atoms with Gasteiger partial charge in [-0.2, -0.15) is 5.10 Å². The standard InChI is InChI=1S/C24H27N7O/c1-14-20-18(12-19(15-9-10-15)27-22(20)31(29-14)24(2,3)4)23(32)26-17-8-6-7-16(11-17)21-28-25-13-30(21)5/h6-8,11-13,15H,9-10H2,1-5H3,(H,26,32). The molecule has 0 saturated heterocycles. The Hall–Kier alpha value is -3.55. The van der Waals surface area contributed by atoms with E-state index in [4.69, 9.17) is 10.1 Å². The van der Waals surface area contributed by atoms with E-state index in [0.717, 1.165) is 46.7 Å². The summed E-state index contributed by atoms with van der Waals surface area (Å²) in [6.07, 6.45) is 3.88. The van der Waals surface area contributed by atoms with Gasteiger partial charge in [0.15, 0.2) is 11.5 Å². The first-order valence-corrected chi connectivity index (χ1v) is 10.9. The van der Waals surface area contributed by atoms with Crippen LogP contribution in [-0.4, -0.2) is 35.4 Å². The summed E-state index contributed by atoms with van der Waals surface area (Å²) in [6, 6.07) is 9.59. The van der Waals surface area contributed by atoms with Gasteiger partial charge in [-0.25, -0.2) is 9.67 Å². The Morgan fingerprint density at radius 2 is 1.97 bits per heavy atom. The summed E-state index contributed by atoms with van der Waals surface area (Å²) < 4.78 is 3.79. The SMILES string of the molecule is Cc1nn(C(C)(C)C)c2nc(C3CC3)cc(C(=O)Nc3cccc(-c4nncn4C)c3)c12. The van der Waals surface area contributed by atoms with Gasteiger partial charge in [0.1, 0.15) is 6.33 Å². The normalized spacial score (nSPS) is 14.2. The molecule has 4 aromatic rings. The maximum atomic E-state index is 13.5. The lowest BCUT2D eigenvalue weighted by Crippen LogP contribution is -2.23. The van der Waals surface area contributed by atoms with E-state index < -0.39 is 0 Å². The summed E-state index contributed by atoms with van der Waals surface area (Å²) >= 11 is 0. The van der Waals surface area contributed by atoms with Crippen LogP contribution in [0.15, 0.2) is 36.7 Å². The molecule has 3 aromatic heterocycles. The summed E-state index contributed by atoms with van der Waals surface area (Å²) in [4.78, 5) is 18.4. The van der Waals surface area contributed by atoms with Gasteiger partial charge in [0, 0.05) is 29.9 Å². The Morgan fingerprint density at radius 3 is 2.62 bits per heavy atom. The highest BCUT2D eigenvalue weighted by molar-refractivity contribution is 6.12. The van der Waals surface area contributed by atoms with Gasteiger partial charge >= 0.3 is 0 Å². The van der Waals surface area contributed by atoms with Gasteiger partial charge < -0.3 is 9.88 Å². The molecule has 0 bridgehead atoms. The molecule has 0 radical (unpaired) electrons. The molecular formula is C24H27N7O. The van der Waals surface area contributed by atoms with Crippen LogP contribution in [0.1, 0.15) is 61.3 Å². The summed E-state index contributed by atoms with van der Waals surface area (Å²) in [5.41, 5.74) is 4.53. The first-order chi connectivity index (χ1) is 15.2. The van der Waals surface area contributed by atoms with Crippen LogP contribution in [0.4, 0.5) is 5.69 Å². The maximum Gasteiger partial charge on any atom is 0.256 e. The van der Waals surface area contributed by atoms with Crippen molar-refractivity contribution in [1.29, 1.82) is 0 Å².